The van der Waals surface area contributed by atoms with Crippen molar-refractivity contribution in [3.8, 4) is 11.8 Å². The van der Waals surface area contributed by atoms with Gasteiger partial charge >= 0.3 is 0 Å². The molecule has 0 atom stereocenters. The molecule has 0 aliphatic rings. The molecule has 2 nitrogen and oxygen atoms in total. The highest BCUT2D eigenvalue weighted by atomic mass is 19.1. The molecule has 0 aliphatic heterocycles. The zero-order valence-corrected chi connectivity index (χ0v) is 8.81. The Morgan fingerprint density at radius 1 is 1.44 bits per heavy atom. The van der Waals surface area contributed by atoms with Crippen LogP contribution in [0.2, 0.25) is 0 Å². The summed E-state index contributed by atoms with van der Waals surface area (Å²) in [5, 5.41) is 2.56. The maximum Gasteiger partial charge on any atom is 0.216 e. The number of carbonyl (C=O) groups is 1. The van der Waals surface area contributed by atoms with Gasteiger partial charge in [-0.05, 0) is 12.1 Å². The summed E-state index contributed by atoms with van der Waals surface area (Å²) in [6.45, 7) is 1.83. The average Bonchev–Trinajstić information content (AvgIpc) is 2.20. The Morgan fingerprint density at radius 3 is 2.81 bits per heavy atom. The van der Waals surface area contributed by atoms with Crippen LogP contribution < -0.4 is 5.32 Å². The van der Waals surface area contributed by atoms with E-state index in [2.05, 4.69) is 17.2 Å². The molecule has 1 rings (SSSR count). The van der Waals surface area contributed by atoms with E-state index in [9.17, 15) is 13.6 Å². The fourth-order valence-corrected chi connectivity index (χ4v) is 1.05. The molecule has 0 fully saturated rings. The smallest absolute Gasteiger partial charge is 0.216 e. The van der Waals surface area contributed by atoms with Crippen molar-refractivity contribution in [2.24, 2.45) is 0 Å². The Bertz CT molecular complexity index is 446. The van der Waals surface area contributed by atoms with Crippen LogP contribution in [0, 0.1) is 23.5 Å². The number of hydrogen-bond acceptors (Lipinski definition) is 1. The van der Waals surface area contributed by atoms with Crippen LogP contribution in [0.4, 0.5) is 8.78 Å². The van der Waals surface area contributed by atoms with Gasteiger partial charge < -0.3 is 5.32 Å². The van der Waals surface area contributed by atoms with Crippen LogP contribution in [-0.2, 0) is 4.79 Å². The van der Waals surface area contributed by atoms with E-state index in [0.29, 0.717) is 13.0 Å². The van der Waals surface area contributed by atoms with Crippen molar-refractivity contribution in [1.29, 1.82) is 0 Å². The molecule has 16 heavy (non-hydrogen) atoms. The normalized spacial score (nSPS) is 9.19. The van der Waals surface area contributed by atoms with Gasteiger partial charge in [-0.15, -0.1) is 0 Å². The summed E-state index contributed by atoms with van der Waals surface area (Å²) in [4.78, 5) is 10.5. The minimum Gasteiger partial charge on any atom is -0.355 e. The molecule has 0 spiro atoms. The highest BCUT2D eigenvalue weighted by molar-refractivity contribution is 5.72. The predicted octanol–water partition coefficient (Wildman–Crippen LogP) is 1.84. The molecule has 1 amide bonds. The van der Waals surface area contributed by atoms with E-state index < -0.39 is 11.6 Å². The van der Waals surface area contributed by atoms with E-state index in [1.807, 2.05) is 0 Å². The number of carbonyl (C=O) groups excluding carboxylic acids is 1. The van der Waals surface area contributed by atoms with E-state index in [0.717, 1.165) is 12.1 Å². The van der Waals surface area contributed by atoms with Crippen LogP contribution in [0.1, 0.15) is 18.9 Å². The fourth-order valence-electron chi connectivity index (χ4n) is 1.05. The lowest BCUT2D eigenvalue weighted by Gasteiger charge is -1.95. The van der Waals surface area contributed by atoms with Gasteiger partial charge in [-0.2, -0.15) is 0 Å². The Kier molecular flexibility index (Phi) is 4.46. The Labute approximate surface area is 92.7 Å². The molecule has 4 heteroatoms. The molecule has 0 bridgehead atoms. The van der Waals surface area contributed by atoms with Crippen molar-refractivity contribution in [3.63, 3.8) is 0 Å². The van der Waals surface area contributed by atoms with Crippen LogP contribution in [0.15, 0.2) is 18.2 Å². The summed E-state index contributed by atoms with van der Waals surface area (Å²) in [5.74, 6) is 3.83. The Morgan fingerprint density at radius 2 is 2.19 bits per heavy atom. The maximum absolute atomic E-state index is 13.1. The molecular weight excluding hydrogens is 212 g/mol. The van der Waals surface area contributed by atoms with Crippen LogP contribution in [0.25, 0.3) is 0 Å². The molecule has 0 saturated carbocycles. The van der Waals surface area contributed by atoms with Gasteiger partial charge in [-0.25, -0.2) is 8.78 Å². The molecule has 0 unspecified atom stereocenters. The van der Waals surface area contributed by atoms with Crippen molar-refractivity contribution in [2.75, 3.05) is 6.54 Å². The van der Waals surface area contributed by atoms with Gasteiger partial charge in [0.25, 0.3) is 0 Å². The zero-order valence-electron chi connectivity index (χ0n) is 8.81. The van der Waals surface area contributed by atoms with E-state index in [1.165, 1.54) is 13.0 Å². The van der Waals surface area contributed by atoms with Gasteiger partial charge in [0.15, 0.2) is 0 Å². The maximum atomic E-state index is 13.1. The predicted molar refractivity (Wildman–Crippen MR) is 56.5 cm³/mol. The average molecular weight is 223 g/mol. The monoisotopic (exact) mass is 223 g/mol. The minimum absolute atomic E-state index is 0.130. The molecule has 0 radical (unpaired) electrons. The van der Waals surface area contributed by atoms with Crippen LogP contribution in [0.5, 0.6) is 0 Å². The Balaban J connectivity index is 2.53. The van der Waals surface area contributed by atoms with Crippen molar-refractivity contribution < 1.29 is 13.6 Å². The second-order valence-corrected chi connectivity index (χ2v) is 3.16. The second kappa shape index (κ2) is 5.86. The third-order valence-corrected chi connectivity index (χ3v) is 1.78. The minimum atomic E-state index is -0.674. The van der Waals surface area contributed by atoms with Crippen LogP contribution >= 0.6 is 0 Å². The summed E-state index contributed by atoms with van der Waals surface area (Å²) in [6, 6.07) is 3.23. The van der Waals surface area contributed by atoms with Gasteiger partial charge in [0.1, 0.15) is 11.6 Å². The Hall–Kier alpha value is -1.89. The molecular formula is C12H11F2NO. The number of hydrogen-bond donors (Lipinski definition) is 1. The standard InChI is InChI=1S/C12H11F2NO/c1-9(16)15-7-3-2-4-10-5-6-11(13)8-12(10)14/h5-6,8H,3,7H2,1H3,(H,15,16). The van der Waals surface area contributed by atoms with Gasteiger partial charge in [-0.3, -0.25) is 4.79 Å². The third kappa shape index (κ3) is 4.09. The fraction of sp³-hybridized carbons (Fsp3) is 0.250. The summed E-state index contributed by atoms with van der Waals surface area (Å²) >= 11 is 0. The lowest BCUT2D eigenvalue weighted by atomic mass is 10.2. The third-order valence-electron chi connectivity index (χ3n) is 1.78. The number of amides is 1. The largest absolute Gasteiger partial charge is 0.355 e. The first-order valence-corrected chi connectivity index (χ1v) is 4.78. The van der Waals surface area contributed by atoms with Crippen LogP contribution in [0.3, 0.4) is 0 Å². The quantitative estimate of drug-likeness (QED) is 0.601. The molecule has 84 valence electrons. The van der Waals surface area contributed by atoms with E-state index in [4.69, 9.17) is 0 Å². The summed E-state index contributed by atoms with van der Waals surface area (Å²) in [7, 11) is 0. The molecule has 1 aromatic carbocycles. The van der Waals surface area contributed by atoms with E-state index in [-0.39, 0.29) is 11.5 Å². The van der Waals surface area contributed by atoms with E-state index in [1.54, 1.807) is 0 Å². The second-order valence-electron chi connectivity index (χ2n) is 3.16. The molecule has 0 aliphatic carbocycles. The molecule has 0 aromatic heterocycles. The van der Waals surface area contributed by atoms with Crippen molar-refractivity contribution in [3.05, 3.63) is 35.4 Å². The van der Waals surface area contributed by atoms with Gasteiger partial charge in [0.05, 0.1) is 5.56 Å². The molecule has 1 aromatic rings. The molecule has 0 heterocycles. The summed E-state index contributed by atoms with van der Waals surface area (Å²) < 4.78 is 25.6. The van der Waals surface area contributed by atoms with Gasteiger partial charge in [0, 0.05) is 26.0 Å². The number of nitrogens with one attached hydrogen (secondary N) is 1. The highest BCUT2D eigenvalue weighted by Crippen LogP contribution is 2.07. The van der Waals surface area contributed by atoms with Gasteiger partial charge in [0.2, 0.25) is 5.91 Å². The van der Waals surface area contributed by atoms with Gasteiger partial charge in [-0.1, -0.05) is 11.8 Å². The van der Waals surface area contributed by atoms with Crippen molar-refractivity contribution in [2.45, 2.75) is 13.3 Å². The summed E-state index contributed by atoms with van der Waals surface area (Å²) in [6.07, 6.45) is 0.427. The topological polar surface area (TPSA) is 29.1 Å². The van der Waals surface area contributed by atoms with Crippen molar-refractivity contribution >= 4 is 5.91 Å². The molecule has 0 saturated heterocycles. The van der Waals surface area contributed by atoms with E-state index >= 15 is 0 Å². The number of halogens is 2. The SMILES string of the molecule is CC(=O)NCCC#Cc1ccc(F)cc1F. The molecule has 1 N–H and O–H groups in total. The van der Waals surface area contributed by atoms with Crippen LogP contribution in [-0.4, -0.2) is 12.5 Å². The summed E-state index contributed by atoms with van der Waals surface area (Å²) in [5.41, 5.74) is 0.157. The number of rotatable bonds is 2. The lowest BCUT2D eigenvalue weighted by molar-refractivity contribution is -0.118. The first-order chi connectivity index (χ1) is 7.59. The zero-order chi connectivity index (χ0) is 12.0. The highest BCUT2D eigenvalue weighted by Gasteiger charge is 1.99. The lowest BCUT2D eigenvalue weighted by Crippen LogP contribution is -2.20. The first kappa shape index (κ1) is 12.2. The first-order valence-electron chi connectivity index (χ1n) is 4.78. The van der Waals surface area contributed by atoms with Crippen molar-refractivity contribution in [1.82, 2.24) is 5.32 Å². The number of benzene rings is 1.